The SMILES string of the molecule is CC(C)c1cc(N)ccc1N.[BeH2]. The molecular weight excluding hydrogens is 145 g/mol. The molecule has 3 heteroatoms. The standard InChI is InChI=1S/C9H14N2.Be.2H/c1-6(2)8-5-7(10)3-4-9(8)11;;;/h3-6H,10-11H2,1-2H3;;;. The van der Waals surface area contributed by atoms with E-state index in [0.717, 1.165) is 16.9 Å². The molecule has 0 heterocycles. The summed E-state index contributed by atoms with van der Waals surface area (Å²) in [7, 11) is 0. The summed E-state index contributed by atoms with van der Waals surface area (Å²) in [6.45, 7) is 4.20. The van der Waals surface area contributed by atoms with Gasteiger partial charge in [-0.2, -0.15) is 0 Å². The van der Waals surface area contributed by atoms with Gasteiger partial charge in [0.1, 0.15) is 0 Å². The van der Waals surface area contributed by atoms with Gasteiger partial charge in [0, 0.05) is 11.4 Å². The van der Waals surface area contributed by atoms with Gasteiger partial charge in [-0.1, -0.05) is 13.8 Å². The molecule has 0 aliphatic carbocycles. The summed E-state index contributed by atoms with van der Waals surface area (Å²) in [5.74, 6) is 0.443. The van der Waals surface area contributed by atoms with Crippen LogP contribution in [0.15, 0.2) is 18.2 Å². The molecule has 12 heavy (non-hydrogen) atoms. The summed E-state index contributed by atoms with van der Waals surface area (Å²) in [5.41, 5.74) is 14.1. The Kier molecular flexibility index (Phi) is 3.78. The number of hydrogen-bond donors (Lipinski definition) is 2. The van der Waals surface area contributed by atoms with E-state index in [1.165, 1.54) is 0 Å². The van der Waals surface area contributed by atoms with E-state index in [1.54, 1.807) is 0 Å². The molecule has 0 radical (unpaired) electrons. The summed E-state index contributed by atoms with van der Waals surface area (Å²) < 4.78 is 0. The van der Waals surface area contributed by atoms with Crippen LogP contribution < -0.4 is 11.5 Å². The van der Waals surface area contributed by atoms with Crippen LogP contribution in [0.1, 0.15) is 25.3 Å². The van der Waals surface area contributed by atoms with Gasteiger partial charge >= 0.3 is 10.1 Å². The van der Waals surface area contributed by atoms with Crippen LogP contribution in [0.25, 0.3) is 0 Å². The third-order valence-electron chi connectivity index (χ3n) is 1.73. The fourth-order valence-corrected chi connectivity index (χ4v) is 1.09. The van der Waals surface area contributed by atoms with Crippen LogP contribution in [0, 0.1) is 0 Å². The number of hydrogen-bond acceptors (Lipinski definition) is 2. The molecule has 0 fully saturated rings. The Balaban J connectivity index is 0.00000121. The molecule has 2 nitrogen and oxygen atoms in total. The number of rotatable bonds is 1. The van der Waals surface area contributed by atoms with E-state index in [9.17, 15) is 0 Å². The maximum absolute atomic E-state index is 5.73. The maximum atomic E-state index is 5.73. The Labute approximate surface area is 77.2 Å². The second-order valence-electron chi connectivity index (χ2n) is 3.04. The summed E-state index contributed by atoms with van der Waals surface area (Å²) in [6, 6.07) is 5.60. The minimum absolute atomic E-state index is 0. The predicted molar refractivity (Wildman–Crippen MR) is 57.9 cm³/mol. The Hall–Kier alpha value is -1.01. The van der Waals surface area contributed by atoms with E-state index in [4.69, 9.17) is 11.5 Å². The quantitative estimate of drug-likeness (QED) is 0.478. The van der Waals surface area contributed by atoms with Gasteiger partial charge in [-0.05, 0) is 29.7 Å². The van der Waals surface area contributed by atoms with E-state index in [0.29, 0.717) is 5.92 Å². The van der Waals surface area contributed by atoms with Crippen molar-refractivity contribution in [2.75, 3.05) is 11.5 Å². The van der Waals surface area contributed by atoms with Crippen LogP contribution in [-0.2, 0) is 0 Å². The van der Waals surface area contributed by atoms with Gasteiger partial charge in [0.2, 0.25) is 0 Å². The second kappa shape index (κ2) is 4.12. The summed E-state index contributed by atoms with van der Waals surface area (Å²) >= 11 is 0. The molecule has 0 spiro atoms. The van der Waals surface area contributed by atoms with Gasteiger partial charge in [0.05, 0.1) is 0 Å². The van der Waals surface area contributed by atoms with Crippen molar-refractivity contribution in [3.63, 3.8) is 0 Å². The number of anilines is 2. The molecule has 1 aromatic rings. The van der Waals surface area contributed by atoms with Crippen LogP contribution in [0.4, 0.5) is 11.4 Å². The Morgan fingerprint density at radius 3 is 2.17 bits per heavy atom. The fraction of sp³-hybridized carbons (Fsp3) is 0.333. The molecule has 0 saturated heterocycles. The van der Waals surface area contributed by atoms with Gasteiger partial charge in [-0.25, -0.2) is 0 Å². The molecule has 1 rings (SSSR count). The molecule has 64 valence electrons. The van der Waals surface area contributed by atoms with Crippen LogP contribution in [-0.4, -0.2) is 10.1 Å². The molecule has 0 aromatic heterocycles. The molecule has 0 unspecified atom stereocenters. The molecule has 0 aliphatic heterocycles. The molecule has 0 aliphatic rings. The van der Waals surface area contributed by atoms with Crippen molar-refractivity contribution in [3.8, 4) is 0 Å². The molecule has 1 aromatic carbocycles. The first-order chi connectivity index (χ1) is 5.11. The fourth-order valence-electron chi connectivity index (χ4n) is 1.09. The summed E-state index contributed by atoms with van der Waals surface area (Å²) in [6.07, 6.45) is 0. The number of nitrogens with two attached hydrogens (primary N) is 2. The van der Waals surface area contributed by atoms with Crippen molar-refractivity contribution in [1.82, 2.24) is 0 Å². The third-order valence-corrected chi connectivity index (χ3v) is 1.73. The zero-order valence-corrected chi connectivity index (χ0v) is 6.96. The van der Waals surface area contributed by atoms with Crippen LogP contribution in [0.5, 0.6) is 0 Å². The topological polar surface area (TPSA) is 52.0 Å². The number of benzene rings is 1. The van der Waals surface area contributed by atoms with Gasteiger partial charge in [-0.3, -0.25) is 0 Å². The van der Waals surface area contributed by atoms with Gasteiger partial charge in [0.15, 0.2) is 0 Å². The zero-order valence-electron chi connectivity index (χ0n) is 6.96. The monoisotopic (exact) mass is 161 g/mol. The zero-order chi connectivity index (χ0) is 8.43. The summed E-state index contributed by atoms with van der Waals surface area (Å²) in [4.78, 5) is 0. The van der Waals surface area contributed by atoms with Crippen LogP contribution in [0.2, 0.25) is 0 Å². The first-order valence-electron chi connectivity index (χ1n) is 3.76. The Morgan fingerprint density at radius 2 is 1.75 bits per heavy atom. The second-order valence-corrected chi connectivity index (χ2v) is 3.04. The Morgan fingerprint density at radius 1 is 1.17 bits per heavy atom. The van der Waals surface area contributed by atoms with Crippen molar-refractivity contribution in [2.24, 2.45) is 0 Å². The van der Waals surface area contributed by atoms with E-state index >= 15 is 0 Å². The van der Waals surface area contributed by atoms with Gasteiger partial charge in [-0.15, -0.1) is 0 Å². The van der Waals surface area contributed by atoms with E-state index in [2.05, 4.69) is 13.8 Å². The summed E-state index contributed by atoms with van der Waals surface area (Å²) in [5, 5.41) is 0. The van der Waals surface area contributed by atoms with Crippen LogP contribution in [0.3, 0.4) is 0 Å². The molecule has 0 amide bonds. The molecule has 0 saturated carbocycles. The molecule has 0 atom stereocenters. The molecule has 0 bridgehead atoms. The first kappa shape index (κ1) is 11.0. The average Bonchev–Trinajstić information content (AvgIpc) is 1.94. The third kappa shape index (κ3) is 2.24. The number of nitrogen functional groups attached to an aromatic ring is 2. The van der Waals surface area contributed by atoms with E-state index in [-0.39, 0.29) is 10.1 Å². The molecular formula is C9H16BeN2. The van der Waals surface area contributed by atoms with Gasteiger partial charge < -0.3 is 11.5 Å². The van der Waals surface area contributed by atoms with Crippen molar-refractivity contribution >= 4 is 21.5 Å². The van der Waals surface area contributed by atoms with E-state index in [1.807, 2.05) is 18.2 Å². The predicted octanol–water partition coefficient (Wildman–Crippen LogP) is 1.06. The minimum atomic E-state index is 0. The average molecular weight is 161 g/mol. The van der Waals surface area contributed by atoms with E-state index < -0.39 is 0 Å². The molecule has 4 N–H and O–H groups in total. The van der Waals surface area contributed by atoms with Crippen molar-refractivity contribution in [1.29, 1.82) is 0 Å². The normalized spacial score (nSPS) is 9.58. The van der Waals surface area contributed by atoms with Crippen molar-refractivity contribution in [3.05, 3.63) is 23.8 Å². The van der Waals surface area contributed by atoms with Crippen LogP contribution >= 0.6 is 0 Å². The van der Waals surface area contributed by atoms with Gasteiger partial charge in [0.25, 0.3) is 0 Å². The Bertz CT molecular complexity index is 259. The van der Waals surface area contributed by atoms with Crippen molar-refractivity contribution in [2.45, 2.75) is 19.8 Å². The first-order valence-corrected chi connectivity index (χ1v) is 3.76. The van der Waals surface area contributed by atoms with Crippen molar-refractivity contribution < 1.29 is 0 Å².